The van der Waals surface area contributed by atoms with E-state index < -0.39 is 23.7 Å². The minimum absolute atomic E-state index is 0.00435. The van der Waals surface area contributed by atoms with Crippen LogP contribution in [0, 0.1) is 0 Å². The van der Waals surface area contributed by atoms with Gasteiger partial charge in [-0.1, -0.05) is 40.2 Å². The molecule has 0 radical (unpaired) electrons. The molecule has 200 valence electrons. The van der Waals surface area contributed by atoms with Crippen LogP contribution in [0.3, 0.4) is 0 Å². The van der Waals surface area contributed by atoms with E-state index in [1.54, 1.807) is 16.0 Å². The summed E-state index contributed by atoms with van der Waals surface area (Å²) in [5.41, 5.74) is -0.657. The molecule has 1 atom stereocenters. The maximum atomic E-state index is 14.2. The van der Waals surface area contributed by atoms with E-state index in [4.69, 9.17) is 0 Å². The molecular formula is C28H28BrF3N4O2. The first kappa shape index (κ1) is 26.5. The highest BCUT2D eigenvalue weighted by Crippen LogP contribution is 2.40. The van der Waals surface area contributed by atoms with Crippen molar-refractivity contribution in [3.05, 3.63) is 70.0 Å². The maximum absolute atomic E-state index is 14.2. The molecule has 2 amide bonds. The van der Waals surface area contributed by atoms with Crippen LogP contribution in [0.2, 0.25) is 0 Å². The van der Waals surface area contributed by atoms with Crippen molar-refractivity contribution >= 4 is 44.2 Å². The number of benzene rings is 2. The number of halogens is 4. The summed E-state index contributed by atoms with van der Waals surface area (Å²) in [6, 6.07) is 9.48. The third-order valence-corrected chi connectivity index (χ3v) is 7.70. The van der Waals surface area contributed by atoms with Gasteiger partial charge in [0.1, 0.15) is 0 Å². The Hall–Kier alpha value is -3.14. The molecule has 2 saturated heterocycles. The Kier molecular flexibility index (Phi) is 7.61. The zero-order valence-electron chi connectivity index (χ0n) is 20.7. The second-order valence-corrected chi connectivity index (χ2v) is 10.8. The van der Waals surface area contributed by atoms with Crippen molar-refractivity contribution in [3.8, 4) is 0 Å². The fourth-order valence-corrected chi connectivity index (χ4v) is 5.82. The Labute approximate surface area is 227 Å². The zero-order valence-corrected chi connectivity index (χ0v) is 22.3. The van der Waals surface area contributed by atoms with Gasteiger partial charge in [-0.2, -0.15) is 13.2 Å². The first-order valence-corrected chi connectivity index (χ1v) is 13.6. The smallest absolute Gasteiger partial charge is 0.379 e. The van der Waals surface area contributed by atoms with Crippen molar-refractivity contribution in [1.82, 2.24) is 14.8 Å². The van der Waals surface area contributed by atoms with Gasteiger partial charge in [-0.25, -0.2) is 0 Å². The maximum Gasteiger partial charge on any atom is 0.418 e. The van der Waals surface area contributed by atoms with Gasteiger partial charge in [0.15, 0.2) is 0 Å². The molecule has 1 N–H and O–H groups in total. The fourth-order valence-electron chi connectivity index (χ4n) is 5.36. The van der Waals surface area contributed by atoms with E-state index in [-0.39, 0.29) is 28.2 Å². The van der Waals surface area contributed by atoms with Crippen LogP contribution in [0.1, 0.15) is 58.4 Å². The number of amides is 2. The highest BCUT2D eigenvalue weighted by molar-refractivity contribution is 9.10. The van der Waals surface area contributed by atoms with Crippen LogP contribution in [-0.2, 0) is 6.18 Å². The SMILES string of the molecule is O=C(c1cc(Br)cc(C(F)(F)F)c1N[C@@H]1CCCN(C(=O)c2cncc3ccccc23)C1)N1CCCCC1. The van der Waals surface area contributed by atoms with Gasteiger partial charge < -0.3 is 15.1 Å². The van der Waals surface area contributed by atoms with Crippen LogP contribution in [0.15, 0.2) is 53.3 Å². The van der Waals surface area contributed by atoms with Crippen LogP contribution in [0.25, 0.3) is 10.8 Å². The first-order chi connectivity index (χ1) is 18.2. The van der Waals surface area contributed by atoms with Gasteiger partial charge >= 0.3 is 6.18 Å². The fraction of sp³-hybridized carbons (Fsp3) is 0.393. The van der Waals surface area contributed by atoms with Gasteiger partial charge in [0.2, 0.25) is 0 Å². The number of alkyl halides is 3. The number of piperidine rings is 2. The normalized spacial score (nSPS) is 18.5. The third-order valence-electron chi connectivity index (χ3n) is 7.24. The summed E-state index contributed by atoms with van der Waals surface area (Å²) in [5, 5.41) is 4.67. The van der Waals surface area contributed by atoms with Crippen LogP contribution in [0.5, 0.6) is 0 Å². The molecular weight excluding hydrogens is 561 g/mol. The average Bonchev–Trinajstić information content (AvgIpc) is 2.92. The number of likely N-dealkylation sites (tertiary alicyclic amines) is 2. The number of nitrogens with zero attached hydrogens (tertiary/aromatic N) is 3. The Balaban J connectivity index is 1.44. The number of fused-ring (bicyclic) bond motifs is 1. The number of rotatable bonds is 4. The first-order valence-electron chi connectivity index (χ1n) is 12.8. The van der Waals surface area contributed by atoms with E-state index in [9.17, 15) is 22.8 Å². The molecule has 0 spiro atoms. The van der Waals surface area contributed by atoms with Crippen molar-refractivity contribution in [2.75, 3.05) is 31.5 Å². The predicted molar refractivity (Wildman–Crippen MR) is 143 cm³/mol. The van der Waals surface area contributed by atoms with Gasteiger partial charge in [0.25, 0.3) is 11.8 Å². The topological polar surface area (TPSA) is 65.5 Å². The summed E-state index contributed by atoms with van der Waals surface area (Å²) >= 11 is 3.17. The Morgan fingerprint density at radius 3 is 2.39 bits per heavy atom. The minimum atomic E-state index is -4.66. The van der Waals surface area contributed by atoms with Gasteiger partial charge in [-0.3, -0.25) is 14.6 Å². The number of nitrogens with one attached hydrogen (secondary N) is 1. The minimum Gasteiger partial charge on any atom is -0.379 e. The van der Waals surface area contributed by atoms with Gasteiger partial charge in [0.05, 0.1) is 22.4 Å². The second-order valence-electron chi connectivity index (χ2n) is 9.87. The molecule has 3 heterocycles. The van der Waals surface area contributed by atoms with Crippen LogP contribution < -0.4 is 5.32 Å². The lowest BCUT2D eigenvalue weighted by molar-refractivity contribution is -0.137. The van der Waals surface area contributed by atoms with Crippen molar-refractivity contribution in [3.63, 3.8) is 0 Å². The molecule has 2 fully saturated rings. The number of anilines is 1. The average molecular weight is 589 g/mol. The van der Waals surface area contributed by atoms with Crippen molar-refractivity contribution in [2.45, 2.75) is 44.3 Å². The highest BCUT2D eigenvalue weighted by Gasteiger charge is 2.38. The summed E-state index contributed by atoms with van der Waals surface area (Å²) in [5.74, 6) is -0.623. The molecule has 0 aliphatic carbocycles. The number of pyridine rings is 1. The standard InChI is InChI=1S/C28H28BrF3N4O2/c29-19-13-22(26(37)35-10-4-1-5-11-35)25(24(14-19)28(30,31)32)34-20-8-6-12-36(17-20)27(38)23-16-33-15-18-7-2-3-9-21(18)23/h2-3,7,9,13-16,20,34H,1,4-6,8,10-12,17H2/t20-/m1/s1. The lowest BCUT2D eigenvalue weighted by atomic mass is 9.99. The summed E-state index contributed by atoms with van der Waals surface area (Å²) in [7, 11) is 0. The van der Waals surface area contributed by atoms with Gasteiger partial charge in [-0.15, -0.1) is 0 Å². The van der Waals surface area contributed by atoms with Crippen molar-refractivity contribution in [2.24, 2.45) is 0 Å². The molecule has 0 bridgehead atoms. The molecule has 2 aliphatic heterocycles. The van der Waals surface area contributed by atoms with Crippen molar-refractivity contribution in [1.29, 1.82) is 0 Å². The van der Waals surface area contributed by atoms with E-state index >= 15 is 0 Å². The Morgan fingerprint density at radius 2 is 1.63 bits per heavy atom. The molecule has 38 heavy (non-hydrogen) atoms. The lowest BCUT2D eigenvalue weighted by Crippen LogP contribution is -2.45. The molecule has 1 aromatic heterocycles. The second kappa shape index (κ2) is 10.9. The number of carbonyl (C=O) groups excluding carboxylic acids is 2. The molecule has 2 aliphatic rings. The van der Waals surface area contributed by atoms with E-state index in [1.165, 1.54) is 12.3 Å². The van der Waals surface area contributed by atoms with Crippen molar-refractivity contribution < 1.29 is 22.8 Å². The summed E-state index contributed by atoms with van der Waals surface area (Å²) in [4.78, 5) is 34.4. The molecule has 6 nitrogen and oxygen atoms in total. The Bertz CT molecular complexity index is 1350. The third kappa shape index (κ3) is 5.50. The molecule has 2 aromatic carbocycles. The predicted octanol–water partition coefficient (Wildman–Crippen LogP) is 6.36. The van der Waals surface area contributed by atoms with Crippen LogP contribution in [-0.4, -0.2) is 58.8 Å². The number of hydrogen-bond donors (Lipinski definition) is 1. The monoisotopic (exact) mass is 588 g/mol. The van der Waals surface area contributed by atoms with Crippen LogP contribution >= 0.6 is 15.9 Å². The van der Waals surface area contributed by atoms with E-state index in [2.05, 4.69) is 26.2 Å². The largest absolute Gasteiger partial charge is 0.418 e. The van der Waals surface area contributed by atoms with Gasteiger partial charge in [0, 0.05) is 54.5 Å². The number of aromatic nitrogens is 1. The van der Waals surface area contributed by atoms with E-state index in [1.807, 2.05) is 24.3 Å². The number of carbonyl (C=O) groups is 2. The number of hydrogen-bond acceptors (Lipinski definition) is 4. The molecule has 5 rings (SSSR count). The van der Waals surface area contributed by atoms with Crippen LogP contribution in [0.4, 0.5) is 18.9 Å². The summed E-state index contributed by atoms with van der Waals surface area (Å²) < 4.78 is 42.8. The van der Waals surface area contributed by atoms with E-state index in [0.717, 1.165) is 36.1 Å². The van der Waals surface area contributed by atoms with E-state index in [0.29, 0.717) is 38.0 Å². The molecule has 0 unspecified atom stereocenters. The molecule has 10 heteroatoms. The lowest BCUT2D eigenvalue weighted by Gasteiger charge is -2.35. The molecule has 3 aromatic rings. The summed E-state index contributed by atoms with van der Waals surface area (Å²) in [6.45, 7) is 1.76. The highest BCUT2D eigenvalue weighted by atomic mass is 79.9. The summed E-state index contributed by atoms with van der Waals surface area (Å²) in [6.07, 6.45) is 2.42. The zero-order chi connectivity index (χ0) is 26.9. The van der Waals surface area contributed by atoms with Gasteiger partial charge in [-0.05, 0) is 49.6 Å². The molecule has 0 saturated carbocycles. The quantitative estimate of drug-likeness (QED) is 0.385. The Morgan fingerprint density at radius 1 is 0.921 bits per heavy atom.